The number of aryl methyl sites for hydroxylation is 1. The van der Waals surface area contributed by atoms with E-state index in [9.17, 15) is 5.11 Å². The van der Waals surface area contributed by atoms with Crippen molar-refractivity contribution in [2.45, 2.75) is 13.5 Å². The minimum absolute atomic E-state index is 0.194. The van der Waals surface area contributed by atoms with Gasteiger partial charge < -0.3 is 9.84 Å². The summed E-state index contributed by atoms with van der Waals surface area (Å²) in [4.78, 5) is 4.02. The van der Waals surface area contributed by atoms with Crippen molar-refractivity contribution in [1.29, 1.82) is 0 Å². The van der Waals surface area contributed by atoms with Gasteiger partial charge in [-0.25, -0.2) is 0 Å². The Kier molecular flexibility index (Phi) is 3.03. The van der Waals surface area contributed by atoms with E-state index >= 15 is 0 Å². The van der Waals surface area contributed by atoms with Gasteiger partial charge in [-0.2, -0.15) is 0 Å². The predicted molar refractivity (Wildman–Crippen MR) is 51.4 cm³/mol. The monoisotopic (exact) mass is 179 g/mol. The van der Waals surface area contributed by atoms with E-state index in [1.807, 2.05) is 0 Å². The standard InChI is InChI=1S/C10H13NO2/c1-4-8-5-11-7(2)10(12)9(8)6-13-3/h4-5,12H,1,6H2,2-3H3. The van der Waals surface area contributed by atoms with Crippen LogP contribution in [0.15, 0.2) is 12.8 Å². The molecular weight excluding hydrogens is 166 g/mol. The largest absolute Gasteiger partial charge is 0.506 e. The Morgan fingerprint density at radius 2 is 2.38 bits per heavy atom. The first-order chi connectivity index (χ1) is 6.20. The van der Waals surface area contributed by atoms with Gasteiger partial charge in [-0.1, -0.05) is 12.7 Å². The Labute approximate surface area is 77.7 Å². The van der Waals surface area contributed by atoms with Crippen LogP contribution in [0.2, 0.25) is 0 Å². The second-order valence-electron chi connectivity index (χ2n) is 2.76. The summed E-state index contributed by atoms with van der Waals surface area (Å²) < 4.78 is 4.97. The fraction of sp³-hybridized carbons (Fsp3) is 0.300. The van der Waals surface area contributed by atoms with Gasteiger partial charge >= 0.3 is 0 Å². The Bertz CT molecular complexity index is 321. The molecule has 1 aromatic rings. The lowest BCUT2D eigenvalue weighted by molar-refractivity contribution is 0.181. The summed E-state index contributed by atoms with van der Waals surface area (Å²) in [5, 5.41) is 9.65. The maximum atomic E-state index is 9.65. The van der Waals surface area contributed by atoms with Crippen LogP contribution in [0.3, 0.4) is 0 Å². The normalized spacial score (nSPS) is 10.0. The van der Waals surface area contributed by atoms with E-state index in [1.54, 1.807) is 26.3 Å². The zero-order chi connectivity index (χ0) is 9.84. The zero-order valence-corrected chi connectivity index (χ0v) is 7.87. The molecule has 1 heterocycles. The van der Waals surface area contributed by atoms with Crippen LogP contribution in [0.25, 0.3) is 6.08 Å². The lowest BCUT2D eigenvalue weighted by Crippen LogP contribution is -1.96. The molecule has 0 aliphatic heterocycles. The Balaban J connectivity index is 3.23. The van der Waals surface area contributed by atoms with Gasteiger partial charge in [0.25, 0.3) is 0 Å². The molecule has 0 spiro atoms. The molecule has 0 aliphatic carbocycles. The number of nitrogens with zero attached hydrogens (tertiary/aromatic N) is 1. The summed E-state index contributed by atoms with van der Waals surface area (Å²) >= 11 is 0. The van der Waals surface area contributed by atoms with Gasteiger partial charge in [0.2, 0.25) is 0 Å². The number of hydrogen-bond donors (Lipinski definition) is 1. The molecule has 0 radical (unpaired) electrons. The highest BCUT2D eigenvalue weighted by molar-refractivity contribution is 5.55. The molecule has 0 atom stereocenters. The number of hydrogen-bond acceptors (Lipinski definition) is 3. The minimum atomic E-state index is 0.194. The van der Waals surface area contributed by atoms with Gasteiger partial charge in [-0.05, 0) is 6.92 Å². The first-order valence-corrected chi connectivity index (χ1v) is 3.99. The van der Waals surface area contributed by atoms with Gasteiger partial charge in [0, 0.05) is 24.4 Å². The zero-order valence-electron chi connectivity index (χ0n) is 7.87. The quantitative estimate of drug-likeness (QED) is 0.770. The van der Waals surface area contributed by atoms with Crippen LogP contribution in [0, 0.1) is 6.92 Å². The number of aromatic nitrogens is 1. The van der Waals surface area contributed by atoms with Gasteiger partial charge in [0.1, 0.15) is 5.75 Å². The molecule has 0 unspecified atom stereocenters. The van der Waals surface area contributed by atoms with Crippen molar-refractivity contribution in [3.8, 4) is 5.75 Å². The highest BCUT2D eigenvalue weighted by Gasteiger charge is 2.08. The SMILES string of the molecule is C=Cc1cnc(C)c(O)c1COC. The van der Waals surface area contributed by atoms with Gasteiger partial charge in [0.05, 0.1) is 12.3 Å². The van der Waals surface area contributed by atoms with Crippen LogP contribution in [0.1, 0.15) is 16.8 Å². The molecule has 0 aliphatic rings. The third-order valence-corrected chi connectivity index (χ3v) is 1.88. The van der Waals surface area contributed by atoms with E-state index in [2.05, 4.69) is 11.6 Å². The molecular formula is C10H13NO2. The van der Waals surface area contributed by atoms with Crippen molar-refractivity contribution in [3.63, 3.8) is 0 Å². The maximum Gasteiger partial charge on any atom is 0.142 e. The molecule has 3 heteroatoms. The second-order valence-corrected chi connectivity index (χ2v) is 2.76. The molecule has 0 aromatic carbocycles. The topological polar surface area (TPSA) is 42.4 Å². The van der Waals surface area contributed by atoms with Gasteiger partial charge in [0.15, 0.2) is 0 Å². The number of rotatable bonds is 3. The summed E-state index contributed by atoms with van der Waals surface area (Å²) in [5.41, 5.74) is 2.16. The van der Waals surface area contributed by atoms with Crippen molar-refractivity contribution in [2.24, 2.45) is 0 Å². The Morgan fingerprint density at radius 3 is 2.92 bits per heavy atom. The number of aromatic hydroxyl groups is 1. The summed E-state index contributed by atoms with van der Waals surface area (Å²) in [7, 11) is 1.59. The average Bonchev–Trinajstić information content (AvgIpc) is 2.14. The fourth-order valence-electron chi connectivity index (χ4n) is 1.13. The number of ether oxygens (including phenoxy) is 1. The molecule has 1 rings (SSSR count). The molecule has 0 bridgehead atoms. The predicted octanol–water partition coefficient (Wildman–Crippen LogP) is 1.89. The molecule has 3 nitrogen and oxygen atoms in total. The summed E-state index contributed by atoms with van der Waals surface area (Å²) in [6.07, 6.45) is 3.33. The summed E-state index contributed by atoms with van der Waals surface area (Å²) in [5.74, 6) is 0.194. The number of pyridine rings is 1. The number of methoxy groups -OCH3 is 1. The van der Waals surface area contributed by atoms with Crippen LogP contribution in [0.5, 0.6) is 5.75 Å². The molecule has 0 saturated heterocycles. The van der Waals surface area contributed by atoms with Crippen molar-refractivity contribution in [3.05, 3.63) is 29.6 Å². The van der Waals surface area contributed by atoms with Crippen molar-refractivity contribution < 1.29 is 9.84 Å². The van der Waals surface area contributed by atoms with Crippen LogP contribution in [-0.2, 0) is 11.3 Å². The van der Waals surface area contributed by atoms with E-state index in [1.165, 1.54) is 0 Å². The van der Waals surface area contributed by atoms with E-state index in [0.29, 0.717) is 12.3 Å². The van der Waals surface area contributed by atoms with Crippen molar-refractivity contribution >= 4 is 6.08 Å². The van der Waals surface area contributed by atoms with Crippen LogP contribution in [0.4, 0.5) is 0 Å². The van der Waals surface area contributed by atoms with E-state index < -0.39 is 0 Å². The van der Waals surface area contributed by atoms with E-state index in [0.717, 1.165) is 11.1 Å². The minimum Gasteiger partial charge on any atom is -0.506 e. The molecule has 0 fully saturated rings. The average molecular weight is 179 g/mol. The second kappa shape index (κ2) is 4.05. The Hall–Kier alpha value is -1.35. The van der Waals surface area contributed by atoms with Crippen molar-refractivity contribution in [2.75, 3.05) is 7.11 Å². The van der Waals surface area contributed by atoms with Gasteiger partial charge in [-0.15, -0.1) is 0 Å². The highest BCUT2D eigenvalue weighted by Crippen LogP contribution is 2.24. The molecule has 70 valence electrons. The third kappa shape index (κ3) is 1.87. The van der Waals surface area contributed by atoms with Crippen molar-refractivity contribution in [1.82, 2.24) is 4.98 Å². The van der Waals surface area contributed by atoms with E-state index in [-0.39, 0.29) is 5.75 Å². The first-order valence-electron chi connectivity index (χ1n) is 3.99. The molecule has 0 saturated carbocycles. The molecule has 0 amide bonds. The molecule has 1 aromatic heterocycles. The lowest BCUT2D eigenvalue weighted by atomic mass is 10.1. The first kappa shape index (κ1) is 9.74. The van der Waals surface area contributed by atoms with Gasteiger partial charge in [-0.3, -0.25) is 4.98 Å². The van der Waals surface area contributed by atoms with Crippen LogP contribution >= 0.6 is 0 Å². The summed E-state index contributed by atoms with van der Waals surface area (Å²) in [6, 6.07) is 0. The molecule has 13 heavy (non-hydrogen) atoms. The van der Waals surface area contributed by atoms with Crippen LogP contribution < -0.4 is 0 Å². The Morgan fingerprint density at radius 1 is 1.69 bits per heavy atom. The fourth-order valence-corrected chi connectivity index (χ4v) is 1.13. The summed E-state index contributed by atoms with van der Waals surface area (Å²) in [6.45, 7) is 5.76. The highest BCUT2D eigenvalue weighted by atomic mass is 16.5. The smallest absolute Gasteiger partial charge is 0.142 e. The van der Waals surface area contributed by atoms with Crippen LogP contribution in [-0.4, -0.2) is 17.2 Å². The molecule has 1 N–H and O–H groups in total. The third-order valence-electron chi connectivity index (χ3n) is 1.88. The maximum absolute atomic E-state index is 9.65. The lowest BCUT2D eigenvalue weighted by Gasteiger charge is -2.08. The van der Waals surface area contributed by atoms with E-state index in [4.69, 9.17) is 4.74 Å².